The van der Waals surface area contributed by atoms with Gasteiger partial charge in [-0.25, -0.2) is 0 Å². The molecule has 1 N–H and O–H groups in total. The van der Waals surface area contributed by atoms with E-state index in [0.29, 0.717) is 19.8 Å². The van der Waals surface area contributed by atoms with Crippen molar-refractivity contribution in [1.29, 1.82) is 0 Å². The second-order valence-electron chi connectivity index (χ2n) is 6.40. The van der Waals surface area contributed by atoms with Crippen LogP contribution in [-0.4, -0.2) is 53.8 Å². The van der Waals surface area contributed by atoms with Crippen molar-refractivity contribution in [2.45, 2.75) is 25.8 Å². The lowest BCUT2D eigenvalue weighted by Gasteiger charge is -2.34. The molecule has 2 aromatic heterocycles. The van der Waals surface area contributed by atoms with E-state index >= 15 is 0 Å². The monoisotopic (exact) mass is 344 g/mol. The van der Waals surface area contributed by atoms with E-state index in [-0.39, 0.29) is 23.6 Å². The number of hydrogen-bond acceptors (Lipinski definition) is 6. The number of rotatable bonds is 6. The number of hydrogen-bond donors (Lipinski definition) is 1. The van der Waals surface area contributed by atoms with Gasteiger partial charge in [0.2, 0.25) is 5.76 Å². The van der Waals surface area contributed by atoms with Crippen molar-refractivity contribution in [2.24, 2.45) is 0 Å². The van der Waals surface area contributed by atoms with Crippen LogP contribution >= 0.6 is 0 Å². The molecule has 0 bridgehead atoms. The first-order chi connectivity index (χ1) is 12.1. The number of morpholine rings is 1. The maximum atomic E-state index is 12.4. The van der Waals surface area contributed by atoms with Crippen molar-refractivity contribution < 1.29 is 14.1 Å². The Labute approximate surface area is 147 Å². The topological polar surface area (TPSA) is 80.5 Å². The van der Waals surface area contributed by atoms with Gasteiger partial charge in [-0.15, -0.1) is 0 Å². The average molecular weight is 344 g/mol. The van der Waals surface area contributed by atoms with Gasteiger partial charge in [-0.3, -0.25) is 14.7 Å². The maximum Gasteiger partial charge on any atom is 0.289 e. The summed E-state index contributed by atoms with van der Waals surface area (Å²) in [6.07, 6.45) is 1.77. The Morgan fingerprint density at radius 1 is 1.28 bits per heavy atom. The molecule has 0 radical (unpaired) electrons. The van der Waals surface area contributed by atoms with Crippen molar-refractivity contribution in [3.8, 4) is 0 Å². The molecule has 0 unspecified atom stereocenters. The van der Waals surface area contributed by atoms with E-state index in [1.54, 1.807) is 12.3 Å². The smallest absolute Gasteiger partial charge is 0.289 e. The molecule has 0 spiro atoms. The Balaban J connectivity index is 1.68. The highest BCUT2D eigenvalue weighted by Crippen LogP contribution is 2.20. The molecule has 1 saturated heterocycles. The van der Waals surface area contributed by atoms with Crippen LogP contribution in [-0.2, 0) is 4.74 Å². The fourth-order valence-corrected chi connectivity index (χ4v) is 2.83. The summed E-state index contributed by atoms with van der Waals surface area (Å²) in [6.45, 7) is 7.49. The van der Waals surface area contributed by atoms with Gasteiger partial charge in [0, 0.05) is 31.9 Å². The van der Waals surface area contributed by atoms with Gasteiger partial charge in [-0.05, 0) is 18.1 Å². The Morgan fingerprint density at radius 2 is 2.08 bits per heavy atom. The van der Waals surface area contributed by atoms with E-state index in [1.165, 1.54) is 0 Å². The highest BCUT2D eigenvalue weighted by molar-refractivity contribution is 5.91. The number of amides is 1. The van der Waals surface area contributed by atoms with Gasteiger partial charge in [0.25, 0.3) is 5.91 Å². The molecule has 0 aliphatic carbocycles. The number of aromatic nitrogens is 2. The molecule has 25 heavy (non-hydrogen) atoms. The van der Waals surface area contributed by atoms with Crippen LogP contribution in [0.3, 0.4) is 0 Å². The van der Waals surface area contributed by atoms with Crippen LogP contribution in [0.15, 0.2) is 35.0 Å². The lowest BCUT2D eigenvalue weighted by molar-refractivity contribution is 0.0153. The third kappa shape index (κ3) is 4.43. The zero-order chi connectivity index (χ0) is 17.6. The van der Waals surface area contributed by atoms with Crippen LogP contribution in [0.1, 0.15) is 47.7 Å². The first kappa shape index (κ1) is 17.6. The van der Waals surface area contributed by atoms with Crippen molar-refractivity contribution >= 4 is 5.91 Å². The van der Waals surface area contributed by atoms with E-state index in [9.17, 15) is 4.79 Å². The maximum absolute atomic E-state index is 12.4. The standard InChI is InChI=1S/C18H24N4O3/c1-13(2)15-11-17(25-21-15)18(23)20-12-16(14-5-3-4-6-19-14)22-7-9-24-10-8-22/h3-6,11,13,16H,7-10,12H2,1-2H3,(H,20,23)/t16-/m0/s1. The SMILES string of the molecule is CC(C)c1cc(C(=O)NC[C@@H](c2ccccn2)N2CCOCC2)on1. The fourth-order valence-electron chi connectivity index (χ4n) is 2.83. The summed E-state index contributed by atoms with van der Waals surface area (Å²) >= 11 is 0. The normalized spacial score (nSPS) is 16.8. The zero-order valence-corrected chi connectivity index (χ0v) is 14.6. The number of pyridine rings is 1. The lowest BCUT2D eigenvalue weighted by Crippen LogP contribution is -2.44. The van der Waals surface area contributed by atoms with E-state index in [1.807, 2.05) is 32.0 Å². The molecule has 3 rings (SSSR count). The molecule has 134 valence electrons. The highest BCUT2D eigenvalue weighted by atomic mass is 16.5. The van der Waals surface area contributed by atoms with E-state index in [2.05, 4.69) is 20.4 Å². The summed E-state index contributed by atoms with van der Waals surface area (Å²) in [7, 11) is 0. The lowest BCUT2D eigenvalue weighted by atomic mass is 10.1. The minimum atomic E-state index is -0.256. The van der Waals surface area contributed by atoms with Crippen molar-refractivity contribution in [2.75, 3.05) is 32.8 Å². The molecule has 7 nitrogen and oxygen atoms in total. The highest BCUT2D eigenvalue weighted by Gasteiger charge is 2.25. The van der Waals surface area contributed by atoms with Gasteiger partial charge in [-0.1, -0.05) is 25.1 Å². The molecule has 2 aromatic rings. The first-order valence-electron chi connectivity index (χ1n) is 8.62. The third-order valence-electron chi connectivity index (χ3n) is 4.32. The summed E-state index contributed by atoms with van der Waals surface area (Å²) in [5.74, 6) is 0.207. The minimum Gasteiger partial charge on any atom is -0.379 e. The van der Waals surface area contributed by atoms with Crippen LogP contribution < -0.4 is 5.32 Å². The Hall–Kier alpha value is -2.25. The molecular weight excluding hydrogens is 320 g/mol. The van der Waals surface area contributed by atoms with Gasteiger partial charge < -0.3 is 14.6 Å². The predicted molar refractivity (Wildman–Crippen MR) is 92.3 cm³/mol. The minimum absolute atomic E-state index is 0.00143. The molecule has 1 aliphatic heterocycles. The van der Waals surface area contributed by atoms with Gasteiger partial charge >= 0.3 is 0 Å². The van der Waals surface area contributed by atoms with Crippen LogP contribution in [0.4, 0.5) is 0 Å². The molecule has 1 fully saturated rings. The number of carbonyl (C=O) groups is 1. The largest absolute Gasteiger partial charge is 0.379 e. The molecule has 1 atom stereocenters. The summed E-state index contributed by atoms with van der Waals surface area (Å²) < 4.78 is 10.6. The Morgan fingerprint density at radius 3 is 2.72 bits per heavy atom. The first-order valence-corrected chi connectivity index (χ1v) is 8.62. The molecule has 0 saturated carbocycles. The molecule has 1 aliphatic rings. The third-order valence-corrected chi connectivity index (χ3v) is 4.32. The quantitative estimate of drug-likeness (QED) is 0.863. The zero-order valence-electron chi connectivity index (χ0n) is 14.6. The molecule has 7 heteroatoms. The number of nitrogens with zero attached hydrogens (tertiary/aromatic N) is 3. The second kappa shape index (κ2) is 8.22. The molecular formula is C18H24N4O3. The van der Waals surface area contributed by atoms with Crippen LogP contribution in [0, 0.1) is 0 Å². The number of nitrogens with one attached hydrogen (secondary N) is 1. The summed E-state index contributed by atoms with van der Waals surface area (Å²) in [5, 5.41) is 6.89. The second-order valence-corrected chi connectivity index (χ2v) is 6.40. The summed E-state index contributed by atoms with van der Waals surface area (Å²) in [6, 6.07) is 7.53. The fraction of sp³-hybridized carbons (Fsp3) is 0.500. The van der Waals surface area contributed by atoms with Gasteiger partial charge in [-0.2, -0.15) is 0 Å². The van der Waals surface area contributed by atoms with Gasteiger partial charge in [0.15, 0.2) is 0 Å². The number of ether oxygens (including phenoxy) is 1. The molecule has 1 amide bonds. The summed E-state index contributed by atoms with van der Waals surface area (Å²) in [5.41, 5.74) is 1.71. The van der Waals surface area contributed by atoms with E-state index < -0.39 is 0 Å². The van der Waals surface area contributed by atoms with Crippen molar-refractivity contribution in [3.05, 3.63) is 47.6 Å². The molecule has 3 heterocycles. The Kier molecular flexibility index (Phi) is 5.78. The van der Waals surface area contributed by atoms with Crippen LogP contribution in [0.5, 0.6) is 0 Å². The van der Waals surface area contributed by atoms with Crippen molar-refractivity contribution in [1.82, 2.24) is 20.4 Å². The van der Waals surface area contributed by atoms with Gasteiger partial charge in [0.1, 0.15) is 0 Å². The van der Waals surface area contributed by atoms with Crippen molar-refractivity contribution in [3.63, 3.8) is 0 Å². The van der Waals surface area contributed by atoms with E-state index in [4.69, 9.17) is 9.26 Å². The van der Waals surface area contributed by atoms with E-state index in [0.717, 1.165) is 24.5 Å². The predicted octanol–water partition coefficient (Wildman–Crippen LogP) is 2.00. The Bertz CT molecular complexity index is 681. The van der Waals surface area contributed by atoms with Gasteiger partial charge in [0.05, 0.1) is 30.6 Å². The number of carbonyl (C=O) groups excluding carboxylic acids is 1. The van der Waals surface area contributed by atoms with Crippen LogP contribution in [0.2, 0.25) is 0 Å². The summed E-state index contributed by atoms with van der Waals surface area (Å²) in [4.78, 5) is 19.1. The molecule has 0 aromatic carbocycles. The van der Waals surface area contributed by atoms with Crippen LogP contribution in [0.25, 0.3) is 0 Å². The average Bonchev–Trinajstić information content (AvgIpc) is 3.14.